The number of pyridine rings is 2. The number of alkyl halides is 1. The summed E-state index contributed by atoms with van der Waals surface area (Å²) in [4.78, 5) is 30.5. The lowest BCUT2D eigenvalue weighted by atomic mass is 9.69. The molecule has 1 N–H and O–H groups in total. The quantitative estimate of drug-likeness (QED) is 0.598. The average Bonchev–Trinajstić information content (AvgIpc) is 3.08. The summed E-state index contributed by atoms with van der Waals surface area (Å²) >= 11 is 0. The minimum atomic E-state index is -1.03. The number of carbonyl (C=O) groups excluding carboxylic acids is 1. The van der Waals surface area contributed by atoms with Gasteiger partial charge in [-0.15, -0.1) is 0 Å². The highest BCUT2D eigenvalue weighted by Gasteiger charge is 2.61. The van der Waals surface area contributed by atoms with Gasteiger partial charge in [0.2, 0.25) is 5.88 Å². The topological polar surface area (TPSA) is 100 Å². The molecular weight excluding hydrogens is 441 g/mol. The number of hydrogen-bond donors (Lipinski definition) is 1. The van der Waals surface area contributed by atoms with Gasteiger partial charge >= 0.3 is 0 Å². The molecule has 2 aliphatic heterocycles. The van der Waals surface area contributed by atoms with E-state index in [0.29, 0.717) is 24.1 Å². The molecule has 0 unspecified atom stereocenters. The third kappa shape index (κ3) is 3.31. The molecule has 3 aromatic heterocycles. The number of anilines is 1. The summed E-state index contributed by atoms with van der Waals surface area (Å²) in [5.74, 6) is -0.384. The fourth-order valence-corrected chi connectivity index (χ4v) is 5.24. The van der Waals surface area contributed by atoms with Gasteiger partial charge < -0.3 is 19.4 Å². The number of amides is 1. The van der Waals surface area contributed by atoms with Gasteiger partial charge in [0.1, 0.15) is 17.4 Å². The lowest BCUT2D eigenvalue weighted by molar-refractivity contribution is 0.00381. The molecule has 7 rings (SSSR count). The van der Waals surface area contributed by atoms with Gasteiger partial charge in [-0.1, -0.05) is 0 Å². The fourth-order valence-electron chi connectivity index (χ4n) is 5.24. The van der Waals surface area contributed by atoms with E-state index < -0.39 is 23.7 Å². The van der Waals surface area contributed by atoms with Crippen LogP contribution in [-0.2, 0) is 10.3 Å². The van der Waals surface area contributed by atoms with Crippen molar-refractivity contribution in [2.75, 3.05) is 11.9 Å². The summed E-state index contributed by atoms with van der Waals surface area (Å²) in [6.07, 6.45) is 4.25. The maximum absolute atomic E-state index is 13.5. The second-order valence-electron chi connectivity index (χ2n) is 10.2. The number of nitrogens with one attached hydrogen (secondary N) is 1. The van der Waals surface area contributed by atoms with Crippen molar-refractivity contribution in [3.63, 3.8) is 0 Å². The van der Waals surface area contributed by atoms with E-state index in [9.17, 15) is 14.0 Å². The number of aromatic nitrogens is 4. The zero-order chi connectivity index (χ0) is 23.8. The molecular formula is C24H26FN5O4. The summed E-state index contributed by atoms with van der Waals surface area (Å²) in [6, 6.07) is 4.34. The molecule has 2 atom stereocenters. The van der Waals surface area contributed by atoms with Crippen LogP contribution in [0, 0.1) is 0 Å². The first-order valence-corrected chi connectivity index (χ1v) is 11.5. The maximum Gasteiger partial charge on any atom is 0.274 e. The van der Waals surface area contributed by atoms with Crippen molar-refractivity contribution in [3.05, 3.63) is 46.5 Å². The van der Waals surface area contributed by atoms with Crippen LogP contribution in [0.15, 0.2) is 35.4 Å². The van der Waals surface area contributed by atoms with E-state index in [4.69, 9.17) is 9.47 Å². The Hall–Kier alpha value is -3.27. The van der Waals surface area contributed by atoms with Gasteiger partial charge in [-0.3, -0.25) is 14.3 Å². The molecule has 4 aliphatic rings. The predicted octanol–water partition coefficient (Wildman–Crippen LogP) is 3.19. The lowest BCUT2D eigenvalue weighted by Crippen LogP contribution is -2.49. The van der Waals surface area contributed by atoms with Crippen LogP contribution < -0.4 is 15.6 Å². The highest BCUT2D eigenvalue weighted by molar-refractivity contribution is 6.07. The van der Waals surface area contributed by atoms with Crippen molar-refractivity contribution < 1.29 is 18.7 Å². The van der Waals surface area contributed by atoms with E-state index in [0.717, 1.165) is 12.8 Å². The van der Waals surface area contributed by atoms with Crippen LogP contribution in [0.2, 0.25) is 0 Å². The van der Waals surface area contributed by atoms with Gasteiger partial charge in [0.25, 0.3) is 11.5 Å². The smallest absolute Gasteiger partial charge is 0.274 e. The van der Waals surface area contributed by atoms with E-state index in [1.807, 2.05) is 24.7 Å². The van der Waals surface area contributed by atoms with Crippen LogP contribution >= 0.6 is 0 Å². The molecule has 0 spiro atoms. The van der Waals surface area contributed by atoms with Gasteiger partial charge in [0, 0.05) is 37.0 Å². The Morgan fingerprint density at radius 1 is 1.38 bits per heavy atom. The molecule has 178 valence electrons. The number of carbonyl (C=O) groups is 1. The zero-order valence-corrected chi connectivity index (χ0v) is 19.2. The van der Waals surface area contributed by atoms with Crippen molar-refractivity contribution in [2.45, 2.75) is 69.5 Å². The molecule has 2 bridgehead atoms. The van der Waals surface area contributed by atoms with Gasteiger partial charge in [-0.05, 0) is 39.0 Å². The van der Waals surface area contributed by atoms with Gasteiger partial charge in [-0.2, -0.15) is 10.1 Å². The third-order valence-electron chi connectivity index (χ3n) is 6.89. The molecule has 34 heavy (non-hydrogen) atoms. The normalized spacial score (nSPS) is 29.3. The summed E-state index contributed by atoms with van der Waals surface area (Å²) in [5, 5.41) is 8.03. The van der Waals surface area contributed by atoms with Crippen molar-refractivity contribution in [3.8, 4) is 5.88 Å². The van der Waals surface area contributed by atoms with E-state index in [2.05, 4.69) is 22.3 Å². The molecule has 2 saturated heterocycles. The predicted molar refractivity (Wildman–Crippen MR) is 122 cm³/mol. The highest BCUT2D eigenvalue weighted by atomic mass is 19.1. The monoisotopic (exact) mass is 467 g/mol. The lowest BCUT2D eigenvalue weighted by Gasteiger charge is -2.42. The summed E-state index contributed by atoms with van der Waals surface area (Å²) in [5.41, 5.74) is 0.0451. The Labute approximate surface area is 194 Å². The molecule has 4 fully saturated rings. The minimum absolute atomic E-state index is 0.0774. The number of rotatable bonds is 6. The van der Waals surface area contributed by atoms with E-state index in [1.54, 1.807) is 12.1 Å². The Kier molecular flexibility index (Phi) is 4.45. The van der Waals surface area contributed by atoms with E-state index in [1.165, 1.54) is 16.8 Å². The number of hydrogen-bond acceptors (Lipinski definition) is 6. The molecule has 9 nitrogen and oxygen atoms in total. The molecule has 0 aromatic carbocycles. The Balaban J connectivity index is 1.35. The van der Waals surface area contributed by atoms with Gasteiger partial charge in [0.15, 0.2) is 5.65 Å². The van der Waals surface area contributed by atoms with Crippen LogP contribution in [0.25, 0.3) is 11.0 Å². The highest BCUT2D eigenvalue weighted by Crippen LogP contribution is 2.55. The fraction of sp³-hybridized carbons (Fsp3) is 0.500. The van der Waals surface area contributed by atoms with E-state index >= 15 is 0 Å². The van der Waals surface area contributed by atoms with Crippen molar-refractivity contribution in [1.82, 2.24) is 19.3 Å². The first kappa shape index (κ1) is 21.3. The molecule has 1 amide bonds. The number of nitrogens with zero attached hydrogens (tertiary/aromatic N) is 4. The van der Waals surface area contributed by atoms with Crippen molar-refractivity contribution >= 4 is 22.6 Å². The molecule has 5 heterocycles. The van der Waals surface area contributed by atoms with Crippen LogP contribution in [-0.4, -0.2) is 49.7 Å². The SMILES string of the molecule is CC(C)Oc1nc2nn(C34COC(C)(C3)C4)cc2cc1C(=O)Nc1cccn([C@@H]2C[C@H]2F)c1=O. The van der Waals surface area contributed by atoms with Crippen LogP contribution in [0.4, 0.5) is 10.1 Å². The van der Waals surface area contributed by atoms with Gasteiger partial charge in [0.05, 0.1) is 29.9 Å². The number of ether oxygens (including phenoxy) is 2. The van der Waals surface area contributed by atoms with Crippen LogP contribution in [0.1, 0.15) is 56.4 Å². The minimum Gasteiger partial charge on any atom is -0.474 e. The van der Waals surface area contributed by atoms with Crippen LogP contribution in [0.3, 0.4) is 0 Å². The second kappa shape index (κ2) is 7.11. The summed E-state index contributed by atoms with van der Waals surface area (Å²) in [7, 11) is 0. The zero-order valence-electron chi connectivity index (χ0n) is 19.2. The van der Waals surface area contributed by atoms with Gasteiger partial charge in [-0.25, -0.2) is 4.39 Å². The summed E-state index contributed by atoms with van der Waals surface area (Å²) in [6.45, 7) is 6.39. The Bertz CT molecular complexity index is 1370. The third-order valence-corrected chi connectivity index (χ3v) is 6.89. The van der Waals surface area contributed by atoms with Crippen LogP contribution in [0.5, 0.6) is 5.88 Å². The number of fused-ring (bicyclic) bond motifs is 2. The maximum atomic E-state index is 13.5. The molecule has 2 saturated carbocycles. The molecule has 2 aliphatic carbocycles. The van der Waals surface area contributed by atoms with Crippen molar-refractivity contribution in [2.24, 2.45) is 0 Å². The Morgan fingerprint density at radius 2 is 2.15 bits per heavy atom. The van der Waals surface area contributed by atoms with Crippen molar-refractivity contribution in [1.29, 1.82) is 0 Å². The second-order valence-corrected chi connectivity index (χ2v) is 10.2. The molecule has 0 radical (unpaired) electrons. The Morgan fingerprint density at radius 3 is 2.79 bits per heavy atom. The molecule has 10 heteroatoms. The number of halogens is 1. The van der Waals surface area contributed by atoms with E-state index in [-0.39, 0.29) is 34.4 Å². The average molecular weight is 468 g/mol. The molecule has 3 aromatic rings. The largest absolute Gasteiger partial charge is 0.474 e. The first-order chi connectivity index (χ1) is 16.2. The first-order valence-electron chi connectivity index (χ1n) is 11.5. The standard InChI is InChI=1S/C24H26FN5O4/c1-13(2)34-21-15(20(31)26-17-5-4-6-29(22(17)32)18-8-16(18)25)7-14-9-30(28-19(14)27-21)24-10-23(3,11-24)33-12-24/h4-7,9,13,16,18H,8,10-12H2,1-3H3,(H,26,31)/t16-,18-,23?,24?/m1/s1. The summed E-state index contributed by atoms with van der Waals surface area (Å²) < 4.78 is 28.5.